The molecule has 1 aromatic heterocycles. The summed E-state index contributed by atoms with van der Waals surface area (Å²) in [6, 6.07) is 7.32. The van der Waals surface area contributed by atoms with E-state index in [9.17, 15) is 24.2 Å². The van der Waals surface area contributed by atoms with Crippen LogP contribution in [0.2, 0.25) is 5.02 Å². The van der Waals surface area contributed by atoms with Crippen LogP contribution in [0.1, 0.15) is 34.5 Å². The van der Waals surface area contributed by atoms with Gasteiger partial charge in [-0.25, -0.2) is 9.18 Å². The molecule has 152 valence electrons. The molecule has 0 saturated heterocycles. The van der Waals surface area contributed by atoms with Crippen LogP contribution < -0.4 is 10.2 Å². The zero-order valence-electron chi connectivity index (χ0n) is 15.8. The van der Waals surface area contributed by atoms with Gasteiger partial charge in [0.2, 0.25) is 5.43 Å². The number of aliphatic hydroxyl groups is 1. The third kappa shape index (κ3) is 3.83. The van der Waals surface area contributed by atoms with E-state index in [0.717, 1.165) is 0 Å². The molecule has 8 heteroatoms. The molecule has 3 rings (SSSR count). The molecule has 29 heavy (non-hydrogen) atoms. The second-order valence-corrected chi connectivity index (χ2v) is 7.11. The molecule has 0 amide bonds. The highest BCUT2D eigenvalue weighted by molar-refractivity contribution is 6.30. The number of halogens is 2. The molecule has 2 N–H and O–H groups in total. The number of ether oxygens (including phenoxy) is 1. The standard InChI is InChI=1S/C21H19ClFNO5/c1-11(10-25)24-9-15(21(27)28)20(26)14-7-12(8-17(29-2)19(14)24)6-13-4-3-5-16(22)18(13)23/h3-5,7-9,11,25H,6,10H2,1-2H3,(H,27,28)/t11-/m0/s1. The number of carboxylic acid groups (broad SMARTS) is 1. The second kappa shape index (κ2) is 8.23. The molecule has 0 spiro atoms. The first-order chi connectivity index (χ1) is 13.8. The lowest BCUT2D eigenvalue weighted by molar-refractivity contribution is 0.0694. The average Bonchev–Trinajstić information content (AvgIpc) is 2.70. The Hall–Kier alpha value is -2.90. The van der Waals surface area contributed by atoms with Crippen LogP contribution >= 0.6 is 11.6 Å². The highest BCUT2D eigenvalue weighted by atomic mass is 35.5. The molecule has 0 fully saturated rings. The summed E-state index contributed by atoms with van der Waals surface area (Å²) >= 11 is 5.84. The van der Waals surface area contributed by atoms with Crippen molar-refractivity contribution in [1.82, 2.24) is 4.57 Å². The first kappa shape index (κ1) is 20.8. The van der Waals surface area contributed by atoms with E-state index in [4.69, 9.17) is 16.3 Å². The molecule has 0 aliphatic carbocycles. The van der Waals surface area contributed by atoms with Gasteiger partial charge in [-0.15, -0.1) is 0 Å². The van der Waals surface area contributed by atoms with Gasteiger partial charge in [-0.2, -0.15) is 0 Å². The number of benzene rings is 2. The van der Waals surface area contributed by atoms with Gasteiger partial charge in [0.25, 0.3) is 0 Å². The van der Waals surface area contributed by atoms with E-state index < -0.39 is 28.8 Å². The fraction of sp³-hybridized carbons (Fsp3) is 0.238. The zero-order valence-corrected chi connectivity index (χ0v) is 16.5. The number of methoxy groups -OCH3 is 1. The van der Waals surface area contributed by atoms with Crippen molar-refractivity contribution in [2.75, 3.05) is 13.7 Å². The van der Waals surface area contributed by atoms with Crippen molar-refractivity contribution in [2.24, 2.45) is 0 Å². The Labute approximate surface area is 170 Å². The zero-order chi connectivity index (χ0) is 21.3. The second-order valence-electron chi connectivity index (χ2n) is 6.70. The van der Waals surface area contributed by atoms with Crippen LogP contribution in [0.15, 0.2) is 41.3 Å². The number of carboxylic acids is 1. The third-order valence-corrected chi connectivity index (χ3v) is 5.06. The van der Waals surface area contributed by atoms with Crippen molar-refractivity contribution in [3.63, 3.8) is 0 Å². The van der Waals surface area contributed by atoms with Crippen LogP contribution in [0.4, 0.5) is 4.39 Å². The molecule has 0 radical (unpaired) electrons. The van der Waals surface area contributed by atoms with Crippen LogP contribution in [0.5, 0.6) is 5.75 Å². The summed E-state index contributed by atoms with van der Waals surface area (Å²) in [5.41, 5.74) is 0.140. The van der Waals surface area contributed by atoms with Gasteiger partial charge in [0.1, 0.15) is 17.1 Å². The summed E-state index contributed by atoms with van der Waals surface area (Å²) in [6.45, 7) is 1.42. The number of rotatable bonds is 6. The predicted molar refractivity (Wildman–Crippen MR) is 108 cm³/mol. The summed E-state index contributed by atoms with van der Waals surface area (Å²) in [4.78, 5) is 24.4. The van der Waals surface area contributed by atoms with Gasteiger partial charge in [0, 0.05) is 12.6 Å². The average molecular weight is 420 g/mol. The van der Waals surface area contributed by atoms with Gasteiger partial charge in [0.15, 0.2) is 0 Å². The van der Waals surface area contributed by atoms with Crippen molar-refractivity contribution in [3.8, 4) is 5.75 Å². The maximum atomic E-state index is 14.3. The number of hydrogen-bond donors (Lipinski definition) is 2. The lowest BCUT2D eigenvalue weighted by Crippen LogP contribution is -2.22. The Morgan fingerprint density at radius 2 is 2.07 bits per heavy atom. The maximum absolute atomic E-state index is 14.3. The summed E-state index contributed by atoms with van der Waals surface area (Å²) in [5, 5.41) is 19.1. The number of hydrogen-bond acceptors (Lipinski definition) is 4. The van der Waals surface area contributed by atoms with Crippen LogP contribution in [0.25, 0.3) is 10.9 Å². The summed E-state index contributed by atoms with van der Waals surface area (Å²) < 4.78 is 21.3. The Kier molecular flexibility index (Phi) is 5.91. The molecule has 1 atom stereocenters. The smallest absolute Gasteiger partial charge is 0.341 e. The number of aliphatic hydroxyl groups excluding tert-OH is 1. The molecular weight excluding hydrogens is 401 g/mol. The van der Waals surface area contributed by atoms with E-state index in [0.29, 0.717) is 22.4 Å². The molecule has 1 heterocycles. The monoisotopic (exact) mass is 419 g/mol. The number of aromatic carboxylic acids is 1. The van der Waals surface area contributed by atoms with Gasteiger partial charge in [0.05, 0.1) is 35.7 Å². The molecule has 0 bridgehead atoms. The predicted octanol–water partition coefficient (Wildman–Crippen LogP) is 3.64. The van der Waals surface area contributed by atoms with E-state index in [1.165, 1.54) is 30.0 Å². The van der Waals surface area contributed by atoms with E-state index in [1.54, 1.807) is 25.1 Å². The van der Waals surface area contributed by atoms with E-state index in [-0.39, 0.29) is 23.4 Å². The molecule has 0 aliphatic heterocycles. The van der Waals surface area contributed by atoms with Gasteiger partial charge < -0.3 is 19.5 Å². The highest BCUT2D eigenvalue weighted by Crippen LogP contribution is 2.30. The fourth-order valence-electron chi connectivity index (χ4n) is 3.26. The fourth-order valence-corrected chi connectivity index (χ4v) is 3.46. The number of aromatic nitrogens is 1. The quantitative estimate of drug-likeness (QED) is 0.636. The number of fused-ring (bicyclic) bond motifs is 1. The van der Waals surface area contributed by atoms with Gasteiger partial charge >= 0.3 is 5.97 Å². The van der Waals surface area contributed by atoms with E-state index in [1.807, 2.05) is 0 Å². The molecule has 0 unspecified atom stereocenters. The number of carbonyl (C=O) groups is 1. The molecule has 6 nitrogen and oxygen atoms in total. The third-order valence-electron chi connectivity index (χ3n) is 4.77. The minimum atomic E-state index is -1.37. The topological polar surface area (TPSA) is 88.8 Å². The summed E-state index contributed by atoms with van der Waals surface area (Å²) in [5.74, 6) is -1.62. The first-order valence-corrected chi connectivity index (χ1v) is 9.19. The van der Waals surface area contributed by atoms with Crippen molar-refractivity contribution in [3.05, 3.63) is 74.3 Å². The molecule has 2 aromatic carbocycles. The van der Waals surface area contributed by atoms with Crippen LogP contribution in [-0.2, 0) is 6.42 Å². The SMILES string of the molecule is COc1cc(Cc2cccc(Cl)c2F)cc2c(=O)c(C(=O)O)cn([C@@H](C)CO)c12. The molecule has 0 aliphatic rings. The minimum absolute atomic E-state index is 0.0115. The van der Waals surface area contributed by atoms with Gasteiger partial charge in [-0.1, -0.05) is 23.7 Å². The van der Waals surface area contributed by atoms with Crippen molar-refractivity contribution < 1.29 is 24.1 Å². The molecular formula is C21H19ClFNO5. The van der Waals surface area contributed by atoms with Crippen LogP contribution in [-0.4, -0.2) is 34.5 Å². The summed E-state index contributed by atoms with van der Waals surface area (Å²) in [7, 11) is 1.42. The Morgan fingerprint density at radius 3 is 2.69 bits per heavy atom. The Balaban J connectivity index is 2.31. The van der Waals surface area contributed by atoms with Crippen molar-refractivity contribution in [1.29, 1.82) is 0 Å². The number of pyridine rings is 1. The van der Waals surface area contributed by atoms with E-state index in [2.05, 4.69) is 0 Å². The highest BCUT2D eigenvalue weighted by Gasteiger charge is 2.21. The largest absolute Gasteiger partial charge is 0.495 e. The molecule has 3 aromatic rings. The Morgan fingerprint density at radius 1 is 1.34 bits per heavy atom. The van der Waals surface area contributed by atoms with E-state index >= 15 is 0 Å². The maximum Gasteiger partial charge on any atom is 0.341 e. The lowest BCUT2D eigenvalue weighted by atomic mass is 10.0. The van der Waals surface area contributed by atoms with Crippen molar-refractivity contribution in [2.45, 2.75) is 19.4 Å². The normalized spacial score (nSPS) is 12.2. The first-order valence-electron chi connectivity index (χ1n) is 8.81. The lowest BCUT2D eigenvalue weighted by Gasteiger charge is -2.20. The molecule has 0 saturated carbocycles. The van der Waals surface area contributed by atoms with Gasteiger partial charge in [-0.05, 0) is 36.2 Å². The Bertz CT molecular complexity index is 1160. The van der Waals surface area contributed by atoms with Crippen molar-refractivity contribution >= 4 is 28.5 Å². The summed E-state index contributed by atoms with van der Waals surface area (Å²) in [6.07, 6.45) is 1.33. The number of nitrogens with zero attached hydrogens (tertiary/aromatic N) is 1. The van der Waals surface area contributed by atoms with Crippen LogP contribution in [0.3, 0.4) is 0 Å². The van der Waals surface area contributed by atoms with Gasteiger partial charge in [-0.3, -0.25) is 4.79 Å². The van der Waals surface area contributed by atoms with Crippen LogP contribution in [0, 0.1) is 5.82 Å². The minimum Gasteiger partial charge on any atom is -0.495 e.